The number of halogens is 2. The third-order valence-electron chi connectivity index (χ3n) is 5.36. The van der Waals surface area contributed by atoms with Gasteiger partial charge in [-0.25, -0.2) is 9.18 Å². The number of carbonyl (C=O) groups is 2. The lowest BCUT2D eigenvalue weighted by Crippen LogP contribution is -2.31. The second-order valence-corrected chi connectivity index (χ2v) is 8.15. The summed E-state index contributed by atoms with van der Waals surface area (Å²) in [7, 11) is 0. The molecule has 1 unspecified atom stereocenters. The number of aliphatic carboxylic acids is 1. The largest absolute Gasteiger partial charge is 0.481 e. The van der Waals surface area contributed by atoms with E-state index in [2.05, 4.69) is 21.2 Å². The Labute approximate surface area is 187 Å². The molecule has 0 aliphatic heterocycles. The van der Waals surface area contributed by atoms with Crippen molar-refractivity contribution >= 4 is 28.0 Å². The monoisotopic (exact) mass is 483 g/mol. The van der Waals surface area contributed by atoms with Crippen LogP contribution < -0.4 is 5.32 Å². The van der Waals surface area contributed by atoms with E-state index in [1.54, 1.807) is 6.07 Å². The van der Waals surface area contributed by atoms with Crippen LogP contribution in [-0.4, -0.2) is 23.8 Å². The number of nitrogens with one attached hydrogen (secondary N) is 1. The number of alkyl carbamates (subject to hydrolysis) is 1. The lowest BCUT2D eigenvalue weighted by molar-refractivity contribution is -0.137. The van der Waals surface area contributed by atoms with Gasteiger partial charge in [0, 0.05) is 5.92 Å². The average molecular weight is 484 g/mol. The van der Waals surface area contributed by atoms with Crippen LogP contribution in [0.3, 0.4) is 0 Å². The van der Waals surface area contributed by atoms with Crippen LogP contribution in [0.5, 0.6) is 0 Å². The highest BCUT2D eigenvalue weighted by atomic mass is 79.9. The first kappa shape index (κ1) is 21.1. The zero-order valence-corrected chi connectivity index (χ0v) is 17.9. The van der Waals surface area contributed by atoms with E-state index in [-0.39, 0.29) is 17.0 Å². The van der Waals surface area contributed by atoms with Gasteiger partial charge in [0.05, 0.1) is 16.9 Å². The van der Waals surface area contributed by atoms with Crippen LogP contribution >= 0.6 is 15.9 Å². The maximum absolute atomic E-state index is 13.9. The van der Waals surface area contributed by atoms with Crippen molar-refractivity contribution < 1.29 is 23.8 Å². The predicted molar refractivity (Wildman–Crippen MR) is 117 cm³/mol. The van der Waals surface area contributed by atoms with Crippen molar-refractivity contribution in [3.05, 3.63) is 93.7 Å². The van der Waals surface area contributed by atoms with E-state index >= 15 is 0 Å². The molecule has 31 heavy (non-hydrogen) atoms. The van der Waals surface area contributed by atoms with Crippen molar-refractivity contribution in [1.82, 2.24) is 5.32 Å². The Bertz CT molecular complexity index is 1100. The molecule has 3 aromatic carbocycles. The number of fused-ring (bicyclic) bond motifs is 3. The molecule has 0 saturated carbocycles. The SMILES string of the molecule is O=C(O)CC(NC(=O)OCC1c2ccccc2-c2ccccc21)c1ccc(Br)c(F)c1. The van der Waals surface area contributed by atoms with E-state index in [4.69, 9.17) is 4.74 Å². The fourth-order valence-corrected chi connectivity index (χ4v) is 4.18. The molecule has 3 aromatic rings. The Morgan fingerprint density at radius 1 is 1.03 bits per heavy atom. The molecular formula is C24H19BrFNO4. The number of amides is 1. The summed E-state index contributed by atoms with van der Waals surface area (Å²) < 4.78 is 19.6. The Balaban J connectivity index is 1.49. The molecule has 158 valence electrons. The Hall–Kier alpha value is -3.19. The number of ether oxygens (including phenoxy) is 1. The Morgan fingerprint density at radius 3 is 2.23 bits per heavy atom. The summed E-state index contributed by atoms with van der Waals surface area (Å²) in [6.07, 6.45) is -1.15. The van der Waals surface area contributed by atoms with E-state index in [9.17, 15) is 19.1 Å². The molecule has 5 nitrogen and oxygen atoms in total. The fourth-order valence-electron chi connectivity index (χ4n) is 3.94. The van der Waals surface area contributed by atoms with Gasteiger partial charge in [-0.15, -0.1) is 0 Å². The van der Waals surface area contributed by atoms with Crippen LogP contribution in [0.15, 0.2) is 71.2 Å². The summed E-state index contributed by atoms with van der Waals surface area (Å²) in [6.45, 7) is 0.106. The molecule has 0 heterocycles. The second kappa shape index (κ2) is 8.89. The molecule has 0 spiro atoms. The minimum atomic E-state index is -1.12. The van der Waals surface area contributed by atoms with E-state index in [0.29, 0.717) is 5.56 Å². The van der Waals surface area contributed by atoms with Crippen molar-refractivity contribution in [2.45, 2.75) is 18.4 Å². The van der Waals surface area contributed by atoms with Gasteiger partial charge in [-0.3, -0.25) is 4.79 Å². The van der Waals surface area contributed by atoms with Gasteiger partial charge in [0.15, 0.2) is 0 Å². The van der Waals surface area contributed by atoms with Crippen LogP contribution in [-0.2, 0) is 9.53 Å². The molecule has 1 atom stereocenters. The van der Waals surface area contributed by atoms with Gasteiger partial charge < -0.3 is 15.2 Å². The smallest absolute Gasteiger partial charge is 0.407 e. The first-order valence-electron chi connectivity index (χ1n) is 9.72. The number of carboxylic acids is 1. The van der Waals surface area contributed by atoms with Gasteiger partial charge in [-0.1, -0.05) is 54.6 Å². The lowest BCUT2D eigenvalue weighted by atomic mass is 9.98. The molecular weight excluding hydrogens is 465 g/mol. The molecule has 1 aliphatic carbocycles. The van der Waals surface area contributed by atoms with Gasteiger partial charge in [0.25, 0.3) is 0 Å². The normalized spacial score (nSPS) is 13.2. The highest BCUT2D eigenvalue weighted by Gasteiger charge is 2.29. The standard InChI is InChI=1S/C24H19BrFNO4/c25-20-10-9-14(11-21(20)26)22(12-23(28)29)27-24(30)31-13-19-17-7-3-1-5-15(17)16-6-2-4-8-18(16)19/h1-11,19,22H,12-13H2,(H,27,30)(H,28,29). The quantitative estimate of drug-likeness (QED) is 0.475. The number of rotatable bonds is 6. The minimum Gasteiger partial charge on any atom is -0.481 e. The number of carboxylic acid groups (broad SMARTS) is 1. The van der Waals surface area contributed by atoms with Crippen molar-refractivity contribution in [2.75, 3.05) is 6.61 Å². The second-order valence-electron chi connectivity index (χ2n) is 7.29. The first-order valence-corrected chi connectivity index (χ1v) is 10.5. The van der Waals surface area contributed by atoms with Crippen molar-refractivity contribution in [1.29, 1.82) is 0 Å². The van der Waals surface area contributed by atoms with Crippen LogP contribution in [0.25, 0.3) is 11.1 Å². The summed E-state index contributed by atoms with van der Waals surface area (Å²) in [5.74, 6) is -1.77. The fraction of sp³-hybridized carbons (Fsp3) is 0.167. The first-order chi connectivity index (χ1) is 14.9. The summed E-state index contributed by atoms with van der Waals surface area (Å²) in [4.78, 5) is 23.8. The maximum Gasteiger partial charge on any atom is 0.407 e. The Kier molecular flexibility index (Phi) is 6.04. The molecule has 7 heteroatoms. The molecule has 0 saturated heterocycles. The van der Waals surface area contributed by atoms with E-state index in [1.807, 2.05) is 48.5 Å². The summed E-state index contributed by atoms with van der Waals surface area (Å²) in [5.41, 5.74) is 4.72. The van der Waals surface area contributed by atoms with Crippen molar-refractivity contribution in [3.8, 4) is 11.1 Å². The molecule has 0 fully saturated rings. The summed E-state index contributed by atoms with van der Waals surface area (Å²) in [5, 5.41) is 11.8. The average Bonchev–Trinajstić information content (AvgIpc) is 3.07. The molecule has 1 aliphatic rings. The highest BCUT2D eigenvalue weighted by Crippen LogP contribution is 2.44. The number of benzene rings is 3. The highest BCUT2D eigenvalue weighted by molar-refractivity contribution is 9.10. The van der Waals surface area contributed by atoms with Gasteiger partial charge in [0.1, 0.15) is 12.4 Å². The third-order valence-corrected chi connectivity index (χ3v) is 6.00. The molecule has 1 amide bonds. The van der Waals surface area contributed by atoms with Gasteiger partial charge in [-0.2, -0.15) is 0 Å². The summed E-state index contributed by atoms with van der Waals surface area (Å²) in [6, 6.07) is 19.3. The minimum absolute atomic E-state index is 0.106. The molecule has 4 rings (SSSR count). The van der Waals surface area contributed by atoms with Crippen LogP contribution in [0.2, 0.25) is 0 Å². The zero-order chi connectivity index (χ0) is 22.0. The van der Waals surface area contributed by atoms with Crippen LogP contribution in [0.1, 0.15) is 35.1 Å². The number of hydrogen-bond donors (Lipinski definition) is 2. The molecule has 0 radical (unpaired) electrons. The van der Waals surface area contributed by atoms with Crippen LogP contribution in [0, 0.1) is 5.82 Å². The Morgan fingerprint density at radius 2 is 1.65 bits per heavy atom. The van der Waals surface area contributed by atoms with Gasteiger partial charge in [0.2, 0.25) is 0 Å². The predicted octanol–water partition coefficient (Wildman–Crippen LogP) is 5.64. The molecule has 0 aromatic heterocycles. The number of carbonyl (C=O) groups excluding carboxylic acids is 1. The third kappa shape index (κ3) is 4.46. The van der Waals surface area contributed by atoms with E-state index in [1.165, 1.54) is 12.1 Å². The van der Waals surface area contributed by atoms with Crippen LogP contribution in [0.4, 0.5) is 9.18 Å². The molecule has 2 N–H and O–H groups in total. The van der Waals surface area contributed by atoms with Crippen molar-refractivity contribution in [3.63, 3.8) is 0 Å². The molecule has 0 bridgehead atoms. The summed E-state index contributed by atoms with van der Waals surface area (Å²) >= 11 is 3.07. The lowest BCUT2D eigenvalue weighted by Gasteiger charge is -2.19. The maximum atomic E-state index is 13.9. The van der Waals surface area contributed by atoms with E-state index in [0.717, 1.165) is 22.3 Å². The zero-order valence-electron chi connectivity index (χ0n) is 16.3. The van der Waals surface area contributed by atoms with Gasteiger partial charge >= 0.3 is 12.1 Å². The van der Waals surface area contributed by atoms with Crippen molar-refractivity contribution in [2.24, 2.45) is 0 Å². The topological polar surface area (TPSA) is 75.6 Å². The van der Waals surface area contributed by atoms with E-state index < -0.39 is 30.3 Å². The van der Waals surface area contributed by atoms with Gasteiger partial charge in [-0.05, 0) is 55.9 Å². The number of hydrogen-bond acceptors (Lipinski definition) is 3.